The van der Waals surface area contributed by atoms with E-state index in [1.54, 1.807) is 0 Å². The summed E-state index contributed by atoms with van der Waals surface area (Å²) in [5.74, 6) is 1.04. The van der Waals surface area contributed by atoms with Crippen molar-refractivity contribution in [3.8, 4) is 0 Å². The molecule has 2 atom stereocenters. The zero-order valence-electron chi connectivity index (χ0n) is 7.01. The van der Waals surface area contributed by atoms with Gasteiger partial charge in [0.15, 0.2) is 0 Å². The molecule has 1 saturated heterocycles. The summed E-state index contributed by atoms with van der Waals surface area (Å²) >= 11 is 0. The van der Waals surface area contributed by atoms with Crippen LogP contribution in [0.5, 0.6) is 0 Å². The number of fused-ring (bicyclic) bond motifs is 1. The summed E-state index contributed by atoms with van der Waals surface area (Å²) in [5.41, 5.74) is 0. The predicted molar refractivity (Wildman–Crippen MR) is 50.2 cm³/mol. The van der Waals surface area contributed by atoms with E-state index in [1.807, 2.05) is 0 Å². The van der Waals surface area contributed by atoms with Crippen LogP contribution in [0.4, 0.5) is 0 Å². The van der Waals surface area contributed by atoms with Gasteiger partial charge in [-0.05, 0) is 38.1 Å². The van der Waals surface area contributed by atoms with Crippen LogP contribution < -0.4 is 5.32 Å². The zero-order valence-corrected chi connectivity index (χ0v) is 7.83. The second-order valence-corrected chi connectivity index (χ2v) is 3.75. The average molecular weight is 176 g/mol. The van der Waals surface area contributed by atoms with E-state index in [4.69, 9.17) is 0 Å². The molecule has 1 saturated carbocycles. The lowest BCUT2D eigenvalue weighted by atomic mass is 9.80. The van der Waals surface area contributed by atoms with Crippen LogP contribution in [0.2, 0.25) is 0 Å². The van der Waals surface area contributed by atoms with E-state index in [0.717, 1.165) is 12.0 Å². The molecule has 1 aliphatic carbocycles. The Hall–Kier alpha value is 0.250. The lowest BCUT2D eigenvalue weighted by Crippen LogP contribution is -2.42. The van der Waals surface area contributed by atoms with Crippen LogP contribution in [0, 0.1) is 5.92 Å². The predicted octanol–water partition coefficient (Wildman–Crippen LogP) is 2.35. The van der Waals surface area contributed by atoms with Gasteiger partial charge in [0, 0.05) is 6.04 Å². The van der Waals surface area contributed by atoms with Gasteiger partial charge in [0.05, 0.1) is 0 Å². The fraction of sp³-hybridized carbons (Fsp3) is 1.00. The van der Waals surface area contributed by atoms with Gasteiger partial charge in [-0.2, -0.15) is 0 Å². The summed E-state index contributed by atoms with van der Waals surface area (Å²) in [5, 5.41) is 3.62. The molecular weight excluding hydrogens is 158 g/mol. The van der Waals surface area contributed by atoms with Gasteiger partial charge in [0.2, 0.25) is 0 Å². The normalized spacial score (nSPS) is 37.1. The second kappa shape index (κ2) is 4.32. The van der Waals surface area contributed by atoms with E-state index in [9.17, 15) is 0 Å². The Morgan fingerprint density at radius 1 is 0.909 bits per heavy atom. The number of hydrogen-bond donors (Lipinski definition) is 1. The third-order valence-corrected chi connectivity index (χ3v) is 3.07. The van der Waals surface area contributed by atoms with Gasteiger partial charge in [0.25, 0.3) is 0 Å². The molecule has 0 aromatic rings. The van der Waals surface area contributed by atoms with E-state index in [0.29, 0.717) is 0 Å². The summed E-state index contributed by atoms with van der Waals surface area (Å²) in [4.78, 5) is 0. The van der Waals surface area contributed by atoms with E-state index in [1.165, 1.54) is 45.1 Å². The van der Waals surface area contributed by atoms with Crippen molar-refractivity contribution in [3.63, 3.8) is 0 Å². The Balaban J connectivity index is 0.000000605. The number of piperidine rings is 1. The first-order chi connectivity index (χ1) is 4.97. The molecule has 0 amide bonds. The molecule has 66 valence electrons. The molecule has 11 heavy (non-hydrogen) atoms. The van der Waals surface area contributed by atoms with E-state index in [-0.39, 0.29) is 12.4 Å². The van der Waals surface area contributed by atoms with Crippen LogP contribution in [-0.2, 0) is 0 Å². The number of nitrogens with one attached hydrogen (secondary N) is 1. The molecule has 2 rings (SSSR count). The van der Waals surface area contributed by atoms with Crippen LogP contribution in [0.25, 0.3) is 0 Å². The van der Waals surface area contributed by atoms with Crippen LogP contribution >= 0.6 is 12.4 Å². The standard InChI is InChI=1S/C9H17N.ClH/c1-2-6-9-8(4-1)5-3-7-10-9;/h8-10H,1-7H2;1H/t8-,9-;/m0./s1. The maximum Gasteiger partial charge on any atom is 0.00953 e. The largest absolute Gasteiger partial charge is 0.314 e. The first-order valence-electron chi connectivity index (χ1n) is 4.70. The lowest BCUT2D eigenvalue weighted by molar-refractivity contribution is 0.212. The highest BCUT2D eigenvalue weighted by Crippen LogP contribution is 2.29. The SMILES string of the molecule is C1CC[C@@H]2NCCC[C@@H]2C1.Cl. The minimum absolute atomic E-state index is 0. The van der Waals surface area contributed by atoms with Gasteiger partial charge in [-0.1, -0.05) is 12.8 Å². The van der Waals surface area contributed by atoms with E-state index >= 15 is 0 Å². The third-order valence-electron chi connectivity index (χ3n) is 3.07. The van der Waals surface area contributed by atoms with Gasteiger partial charge in [-0.3, -0.25) is 0 Å². The first-order valence-corrected chi connectivity index (χ1v) is 4.70. The molecule has 0 aromatic carbocycles. The van der Waals surface area contributed by atoms with Crippen molar-refractivity contribution in [1.82, 2.24) is 5.32 Å². The molecule has 1 nitrogen and oxygen atoms in total. The minimum atomic E-state index is 0. The number of halogens is 1. The van der Waals surface area contributed by atoms with Crippen LogP contribution in [-0.4, -0.2) is 12.6 Å². The maximum atomic E-state index is 3.62. The maximum absolute atomic E-state index is 3.62. The van der Waals surface area contributed by atoms with Gasteiger partial charge < -0.3 is 5.32 Å². The lowest BCUT2D eigenvalue weighted by Gasteiger charge is -2.36. The van der Waals surface area contributed by atoms with Gasteiger partial charge in [-0.25, -0.2) is 0 Å². The van der Waals surface area contributed by atoms with E-state index < -0.39 is 0 Å². The molecule has 2 heteroatoms. The molecule has 1 aliphatic heterocycles. The number of rotatable bonds is 0. The van der Waals surface area contributed by atoms with E-state index in [2.05, 4.69) is 5.32 Å². The third kappa shape index (κ3) is 2.09. The summed E-state index contributed by atoms with van der Waals surface area (Å²) in [6, 6.07) is 0.905. The summed E-state index contributed by atoms with van der Waals surface area (Å²) in [6.45, 7) is 1.28. The summed E-state index contributed by atoms with van der Waals surface area (Å²) in [6.07, 6.45) is 8.82. The fourth-order valence-corrected chi connectivity index (χ4v) is 2.47. The molecule has 0 spiro atoms. The Labute approximate surface area is 75.4 Å². The molecule has 2 aliphatic rings. The minimum Gasteiger partial charge on any atom is -0.314 e. The average Bonchev–Trinajstić information content (AvgIpc) is 2.05. The quantitative estimate of drug-likeness (QED) is 0.596. The van der Waals surface area contributed by atoms with Crippen molar-refractivity contribution in [2.45, 2.75) is 44.6 Å². The topological polar surface area (TPSA) is 12.0 Å². The monoisotopic (exact) mass is 175 g/mol. The molecule has 0 radical (unpaired) electrons. The number of hydrogen-bond acceptors (Lipinski definition) is 1. The molecule has 0 bridgehead atoms. The fourth-order valence-electron chi connectivity index (χ4n) is 2.47. The molecule has 1 heterocycles. The van der Waals surface area contributed by atoms with Crippen LogP contribution in [0.1, 0.15) is 38.5 Å². The van der Waals surface area contributed by atoms with Gasteiger partial charge >= 0.3 is 0 Å². The highest BCUT2D eigenvalue weighted by Gasteiger charge is 2.26. The van der Waals surface area contributed by atoms with Crippen molar-refractivity contribution < 1.29 is 0 Å². The van der Waals surface area contributed by atoms with Crippen molar-refractivity contribution in [3.05, 3.63) is 0 Å². The van der Waals surface area contributed by atoms with Crippen molar-refractivity contribution >= 4 is 12.4 Å². The Kier molecular flexibility index (Phi) is 3.67. The second-order valence-electron chi connectivity index (χ2n) is 3.75. The van der Waals surface area contributed by atoms with Gasteiger partial charge in [-0.15, -0.1) is 12.4 Å². The van der Waals surface area contributed by atoms with Crippen molar-refractivity contribution in [2.75, 3.05) is 6.54 Å². The van der Waals surface area contributed by atoms with Gasteiger partial charge in [0.1, 0.15) is 0 Å². The van der Waals surface area contributed by atoms with Crippen molar-refractivity contribution in [1.29, 1.82) is 0 Å². The summed E-state index contributed by atoms with van der Waals surface area (Å²) < 4.78 is 0. The zero-order chi connectivity index (χ0) is 6.81. The van der Waals surface area contributed by atoms with Crippen molar-refractivity contribution in [2.24, 2.45) is 5.92 Å². The summed E-state index contributed by atoms with van der Waals surface area (Å²) in [7, 11) is 0. The molecular formula is C9H18ClN. The smallest absolute Gasteiger partial charge is 0.00953 e. The molecule has 0 unspecified atom stereocenters. The van der Waals surface area contributed by atoms with Crippen LogP contribution in [0.3, 0.4) is 0 Å². The van der Waals surface area contributed by atoms with Crippen LogP contribution in [0.15, 0.2) is 0 Å². The molecule has 0 aromatic heterocycles. The Morgan fingerprint density at radius 3 is 2.45 bits per heavy atom. The molecule has 2 fully saturated rings. The first kappa shape index (κ1) is 9.34. The Morgan fingerprint density at radius 2 is 1.64 bits per heavy atom. The highest BCUT2D eigenvalue weighted by molar-refractivity contribution is 5.85. The molecule has 1 N–H and O–H groups in total. The Bertz CT molecular complexity index is 90.1. The highest BCUT2D eigenvalue weighted by atomic mass is 35.5.